The lowest BCUT2D eigenvalue weighted by Gasteiger charge is -2.30. The van der Waals surface area contributed by atoms with Crippen LogP contribution in [0.5, 0.6) is 0 Å². The van der Waals surface area contributed by atoms with Gasteiger partial charge in [-0.1, -0.05) is 24.3 Å². The highest BCUT2D eigenvalue weighted by molar-refractivity contribution is 5.90. The number of benzene rings is 2. The van der Waals surface area contributed by atoms with E-state index in [2.05, 4.69) is 4.90 Å². The van der Waals surface area contributed by atoms with Crippen LogP contribution in [0.25, 0.3) is 11.1 Å². The van der Waals surface area contributed by atoms with Gasteiger partial charge < -0.3 is 10.6 Å². The van der Waals surface area contributed by atoms with Gasteiger partial charge in [0.25, 0.3) is 0 Å². The first-order chi connectivity index (χ1) is 8.18. The monoisotopic (exact) mass is 228 g/mol. The summed E-state index contributed by atoms with van der Waals surface area (Å²) in [5.41, 5.74) is 10.2. The number of nitrogen functional groups attached to an aromatic ring is 1. The molecule has 0 unspecified atom stereocenters. The molecular formula is C14H13FN2. The minimum Gasteiger partial charge on any atom is -0.397 e. The summed E-state index contributed by atoms with van der Waals surface area (Å²) in [4.78, 5) is 2.06. The van der Waals surface area contributed by atoms with Crippen LogP contribution in [0.2, 0.25) is 0 Å². The molecule has 0 fully saturated rings. The van der Waals surface area contributed by atoms with E-state index < -0.39 is 0 Å². The van der Waals surface area contributed by atoms with Crippen LogP contribution in [0.4, 0.5) is 15.8 Å². The summed E-state index contributed by atoms with van der Waals surface area (Å²) in [7, 11) is 1.98. The Balaban J connectivity index is 2.37. The van der Waals surface area contributed by atoms with Gasteiger partial charge in [0.2, 0.25) is 0 Å². The molecule has 0 spiro atoms. The van der Waals surface area contributed by atoms with Crippen molar-refractivity contribution >= 4 is 11.4 Å². The standard InChI is InChI=1S/C14H13FN2/c1-17-8-9-4-2-6-11(15)13(9)10-5-3-7-12(16)14(10)17/h2-7H,8,16H2,1H3. The maximum Gasteiger partial charge on any atom is 0.131 e. The van der Waals surface area contributed by atoms with Gasteiger partial charge in [-0.05, 0) is 17.7 Å². The van der Waals surface area contributed by atoms with E-state index >= 15 is 0 Å². The molecule has 0 aliphatic carbocycles. The second kappa shape index (κ2) is 3.48. The van der Waals surface area contributed by atoms with E-state index in [4.69, 9.17) is 5.73 Å². The second-order valence-electron chi connectivity index (χ2n) is 4.37. The first-order valence-corrected chi connectivity index (χ1v) is 5.56. The molecule has 86 valence electrons. The van der Waals surface area contributed by atoms with Gasteiger partial charge in [0, 0.05) is 24.7 Å². The SMILES string of the molecule is CN1Cc2cccc(F)c2-c2cccc(N)c21. The van der Waals surface area contributed by atoms with Crippen LogP contribution >= 0.6 is 0 Å². The van der Waals surface area contributed by atoms with Crippen LogP contribution in [-0.2, 0) is 6.54 Å². The highest BCUT2D eigenvalue weighted by atomic mass is 19.1. The van der Waals surface area contributed by atoms with Crippen LogP contribution in [-0.4, -0.2) is 7.05 Å². The molecule has 3 heteroatoms. The molecule has 0 atom stereocenters. The van der Waals surface area contributed by atoms with Crippen molar-refractivity contribution in [3.05, 3.63) is 47.8 Å². The van der Waals surface area contributed by atoms with Crippen LogP contribution in [0.1, 0.15) is 5.56 Å². The highest BCUT2D eigenvalue weighted by Crippen LogP contribution is 2.42. The van der Waals surface area contributed by atoms with Crippen molar-refractivity contribution < 1.29 is 4.39 Å². The largest absolute Gasteiger partial charge is 0.397 e. The Bertz CT molecular complexity index is 593. The topological polar surface area (TPSA) is 29.3 Å². The van der Waals surface area contributed by atoms with E-state index in [-0.39, 0.29) is 5.82 Å². The third kappa shape index (κ3) is 1.39. The normalized spacial score (nSPS) is 13.2. The van der Waals surface area contributed by atoms with Gasteiger partial charge in [-0.2, -0.15) is 0 Å². The summed E-state index contributed by atoms with van der Waals surface area (Å²) in [6.07, 6.45) is 0. The molecule has 1 aliphatic heterocycles. The van der Waals surface area contributed by atoms with Crippen LogP contribution in [0.15, 0.2) is 36.4 Å². The van der Waals surface area contributed by atoms with Gasteiger partial charge in [0.15, 0.2) is 0 Å². The van der Waals surface area contributed by atoms with Crippen molar-refractivity contribution in [3.63, 3.8) is 0 Å². The van der Waals surface area contributed by atoms with Gasteiger partial charge >= 0.3 is 0 Å². The lowest BCUT2D eigenvalue weighted by Crippen LogP contribution is -2.23. The Morgan fingerprint density at radius 2 is 1.94 bits per heavy atom. The molecule has 1 heterocycles. The van der Waals surface area contributed by atoms with E-state index in [0.29, 0.717) is 17.8 Å². The van der Waals surface area contributed by atoms with Gasteiger partial charge in [-0.15, -0.1) is 0 Å². The first-order valence-electron chi connectivity index (χ1n) is 5.56. The molecule has 1 aliphatic rings. The summed E-state index contributed by atoms with van der Waals surface area (Å²) in [5, 5.41) is 0. The fraction of sp³-hybridized carbons (Fsp3) is 0.143. The van der Waals surface area contributed by atoms with Crippen molar-refractivity contribution in [1.82, 2.24) is 0 Å². The number of nitrogens with two attached hydrogens (primary N) is 1. The third-order valence-electron chi connectivity index (χ3n) is 3.23. The van der Waals surface area contributed by atoms with Crippen molar-refractivity contribution in [3.8, 4) is 11.1 Å². The predicted molar refractivity (Wildman–Crippen MR) is 68.4 cm³/mol. The Hall–Kier alpha value is -2.03. The summed E-state index contributed by atoms with van der Waals surface area (Å²) >= 11 is 0. The van der Waals surface area contributed by atoms with Gasteiger partial charge in [-0.25, -0.2) is 4.39 Å². The quantitative estimate of drug-likeness (QED) is 0.702. The number of fused-ring (bicyclic) bond motifs is 3. The summed E-state index contributed by atoms with van der Waals surface area (Å²) < 4.78 is 13.9. The van der Waals surface area contributed by atoms with Crippen molar-refractivity contribution in [2.24, 2.45) is 0 Å². The Morgan fingerprint density at radius 3 is 2.76 bits per heavy atom. The zero-order chi connectivity index (χ0) is 12.0. The maximum absolute atomic E-state index is 13.9. The average molecular weight is 228 g/mol. The Morgan fingerprint density at radius 1 is 1.18 bits per heavy atom. The van der Waals surface area contributed by atoms with E-state index in [0.717, 1.165) is 16.8 Å². The first kappa shape index (κ1) is 10.1. The van der Waals surface area contributed by atoms with Crippen LogP contribution < -0.4 is 10.6 Å². The Labute approximate surface area is 99.5 Å². The van der Waals surface area contributed by atoms with E-state index in [1.807, 2.05) is 31.3 Å². The van der Waals surface area contributed by atoms with Crippen molar-refractivity contribution in [2.75, 3.05) is 17.7 Å². The minimum absolute atomic E-state index is 0.178. The zero-order valence-electron chi connectivity index (χ0n) is 9.57. The molecule has 2 aromatic rings. The maximum atomic E-state index is 13.9. The van der Waals surface area contributed by atoms with Gasteiger partial charge in [0.05, 0.1) is 11.4 Å². The minimum atomic E-state index is -0.178. The van der Waals surface area contributed by atoms with Crippen molar-refractivity contribution in [2.45, 2.75) is 6.54 Å². The smallest absolute Gasteiger partial charge is 0.131 e. The molecule has 2 nitrogen and oxygen atoms in total. The number of rotatable bonds is 0. The second-order valence-corrected chi connectivity index (χ2v) is 4.37. The number of para-hydroxylation sites is 1. The number of halogens is 1. The average Bonchev–Trinajstić information content (AvgIpc) is 2.28. The van der Waals surface area contributed by atoms with Crippen molar-refractivity contribution in [1.29, 1.82) is 0 Å². The molecule has 3 rings (SSSR count). The van der Waals surface area contributed by atoms with Crippen LogP contribution in [0.3, 0.4) is 0 Å². The third-order valence-corrected chi connectivity index (χ3v) is 3.23. The predicted octanol–water partition coefficient (Wildman–Crippen LogP) is 3.02. The lowest BCUT2D eigenvalue weighted by molar-refractivity contribution is 0.627. The van der Waals surface area contributed by atoms with E-state index in [1.54, 1.807) is 6.07 Å². The van der Waals surface area contributed by atoms with Gasteiger partial charge in [0.1, 0.15) is 5.82 Å². The summed E-state index contributed by atoms with van der Waals surface area (Å²) in [6.45, 7) is 0.689. The summed E-state index contributed by atoms with van der Waals surface area (Å²) in [5.74, 6) is -0.178. The zero-order valence-corrected chi connectivity index (χ0v) is 9.57. The van der Waals surface area contributed by atoms with Gasteiger partial charge in [-0.3, -0.25) is 0 Å². The molecule has 2 aromatic carbocycles. The van der Waals surface area contributed by atoms with E-state index in [1.165, 1.54) is 6.07 Å². The molecule has 0 saturated heterocycles. The number of hydrogen-bond acceptors (Lipinski definition) is 2. The van der Waals surface area contributed by atoms with Crippen LogP contribution in [0, 0.1) is 5.82 Å². The summed E-state index contributed by atoms with van der Waals surface area (Å²) in [6, 6.07) is 10.8. The fourth-order valence-corrected chi connectivity index (χ4v) is 2.53. The molecule has 17 heavy (non-hydrogen) atoms. The number of nitrogens with zero attached hydrogens (tertiary/aromatic N) is 1. The molecule has 0 radical (unpaired) electrons. The Kier molecular flexibility index (Phi) is 2.08. The molecule has 2 N–H and O–H groups in total. The highest BCUT2D eigenvalue weighted by Gasteiger charge is 2.23. The molecule has 0 aromatic heterocycles. The molecule has 0 amide bonds. The number of hydrogen-bond donors (Lipinski definition) is 1. The fourth-order valence-electron chi connectivity index (χ4n) is 2.53. The number of anilines is 2. The van der Waals surface area contributed by atoms with E-state index in [9.17, 15) is 4.39 Å². The molecule has 0 bridgehead atoms. The lowest BCUT2D eigenvalue weighted by atomic mass is 9.92. The molecular weight excluding hydrogens is 215 g/mol. The molecule has 0 saturated carbocycles.